The molecule has 0 saturated carbocycles. The number of nitrogens with zero attached hydrogens (tertiary/aromatic N) is 1. The number of H-pyrrole nitrogens is 2. The zero-order chi connectivity index (χ0) is 22.0. The Balaban J connectivity index is 1.57. The molecule has 4 aromatic rings. The van der Waals surface area contributed by atoms with E-state index in [0.29, 0.717) is 22.2 Å². The summed E-state index contributed by atoms with van der Waals surface area (Å²) in [5, 5.41) is 4.64. The van der Waals surface area contributed by atoms with E-state index in [4.69, 9.17) is 23.2 Å². The molecule has 3 heterocycles. The normalized spacial score (nSPS) is 12.1. The molecule has 0 saturated heterocycles. The van der Waals surface area contributed by atoms with E-state index in [0.717, 1.165) is 27.7 Å². The number of aromatic nitrogens is 3. The number of hydrogen-bond acceptors (Lipinski definition) is 3. The van der Waals surface area contributed by atoms with E-state index in [2.05, 4.69) is 20.3 Å². The topological polar surface area (TPSA) is 90.6 Å². The molecule has 0 aliphatic heterocycles. The van der Waals surface area contributed by atoms with E-state index in [1.54, 1.807) is 36.8 Å². The second kappa shape index (κ2) is 8.96. The summed E-state index contributed by atoms with van der Waals surface area (Å²) >= 11 is 12.2. The fourth-order valence-electron chi connectivity index (χ4n) is 3.48. The molecular formula is C23H20Cl2N4O2. The summed E-state index contributed by atoms with van der Waals surface area (Å²) in [6.45, 7) is 1.83. The molecule has 1 aromatic carbocycles. The number of halogens is 2. The zero-order valence-electron chi connectivity index (χ0n) is 16.7. The van der Waals surface area contributed by atoms with Gasteiger partial charge in [0.2, 0.25) is 0 Å². The van der Waals surface area contributed by atoms with E-state index in [9.17, 15) is 9.59 Å². The SMILES string of the molecule is Cc1cc[nH]c1C(=O)N[C@@H](Cc1ccc(Cl)c(Cl)c1)C(=O)Cc1cnc2[nH]ccc2c1. The zero-order valence-corrected chi connectivity index (χ0v) is 18.2. The summed E-state index contributed by atoms with van der Waals surface area (Å²) in [7, 11) is 0. The van der Waals surface area contributed by atoms with Crippen molar-refractivity contribution < 1.29 is 9.59 Å². The largest absolute Gasteiger partial charge is 0.357 e. The van der Waals surface area contributed by atoms with Crippen LogP contribution in [-0.4, -0.2) is 32.7 Å². The molecule has 0 radical (unpaired) electrons. The van der Waals surface area contributed by atoms with Gasteiger partial charge in [-0.3, -0.25) is 9.59 Å². The van der Waals surface area contributed by atoms with Gasteiger partial charge in [0.15, 0.2) is 5.78 Å². The van der Waals surface area contributed by atoms with Crippen molar-refractivity contribution in [2.75, 3.05) is 0 Å². The van der Waals surface area contributed by atoms with Crippen molar-refractivity contribution in [1.82, 2.24) is 20.3 Å². The minimum absolute atomic E-state index is 0.125. The average Bonchev–Trinajstić information content (AvgIpc) is 3.38. The van der Waals surface area contributed by atoms with Crippen LogP contribution in [0.4, 0.5) is 0 Å². The van der Waals surface area contributed by atoms with Crippen LogP contribution in [0.5, 0.6) is 0 Å². The molecule has 0 unspecified atom stereocenters. The van der Waals surface area contributed by atoms with Gasteiger partial charge in [-0.25, -0.2) is 4.98 Å². The third kappa shape index (κ3) is 4.81. The van der Waals surface area contributed by atoms with Crippen LogP contribution in [0.1, 0.15) is 27.2 Å². The number of hydrogen-bond donors (Lipinski definition) is 3. The first-order chi connectivity index (χ1) is 14.9. The second-order valence-electron chi connectivity index (χ2n) is 7.42. The summed E-state index contributed by atoms with van der Waals surface area (Å²) in [5.41, 5.74) is 3.58. The van der Waals surface area contributed by atoms with Crippen molar-refractivity contribution in [2.45, 2.75) is 25.8 Å². The van der Waals surface area contributed by atoms with Gasteiger partial charge >= 0.3 is 0 Å². The van der Waals surface area contributed by atoms with Crippen LogP contribution in [0.25, 0.3) is 11.0 Å². The van der Waals surface area contributed by atoms with E-state index >= 15 is 0 Å². The van der Waals surface area contributed by atoms with Crippen LogP contribution in [-0.2, 0) is 17.6 Å². The predicted octanol–water partition coefficient (Wildman–Crippen LogP) is 4.66. The van der Waals surface area contributed by atoms with Gasteiger partial charge in [-0.05, 0) is 60.4 Å². The number of ketones is 1. The summed E-state index contributed by atoms with van der Waals surface area (Å²) in [6, 6.07) is 10.1. The Morgan fingerprint density at radius 2 is 1.84 bits per heavy atom. The number of rotatable bonds is 7. The number of aryl methyl sites for hydroxylation is 1. The first-order valence-electron chi connectivity index (χ1n) is 9.74. The van der Waals surface area contributed by atoms with E-state index < -0.39 is 6.04 Å². The lowest BCUT2D eigenvalue weighted by atomic mass is 9.97. The quantitative estimate of drug-likeness (QED) is 0.379. The van der Waals surface area contributed by atoms with E-state index in [1.165, 1.54) is 0 Å². The second-order valence-corrected chi connectivity index (χ2v) is 8.23. The van der Waals surface area contributed by atoms with Gasteiger partial charge < -0.3 is 15.3 Å². The molecule has 31 heavy (non-hydrogen) atoms. The van der Waals surface area contributed by atoms with Crippen LogP contribution in [0, 0.1) is 6.92 Å². The van der Waals surface area contributed by atoms with Gasteiger partial charge in [0.25, 0.3) is 5.91 Å². The van der Waals surface area contributed by atoms with Crippen molar-refractivity contribution >= 4 is 45.9 Å². The third-order valence-corrected chi connectivity index (χ3v) is 5.87. The van der Waals surface area contributed by atoms with E-state index in [1.807, 2.05) is 25.1 Å². The minimum Gasteiger partial charge on any atom is -0.357 e. The molecule has 8 heteroatoms. The molecule has 158 valence electrons. The van der Waals surface area contributed by atoms with Crippen molar-refractivity contribution in [3.63, 3.8) is 0 Å². The van der Waals surface area contributed by atoms with Crippen molar-refractivity contribution in [1.29, 1.82) is 0 Å². The first-order valence-corrected chi connectivity index (χ1v) is 10.5. The highest BCUT2D eigenvalue weighted by Gasteiger charge is 2.24. The molecule has 0 spiro atoms. The maximum atomic E-state index is 13.2. The maximum Gasteiger partial charge on any atom is 0.268 e. The fourth-order valence-corrected chi connectivity index (χ4v) is 3.80. The molecule has 3 N–H and O–H groups in total. The number of fused-ring (bicyclic) bond motifs is 1. The first kappa shape index (κ1) is 21.2. The van der Waals surface area contributed by atoms with Crippen LogP contribution in [0.2, 0.25) is 10.0 Å². The minimum atomic E-state index is -0.741. The van der Waals surface area contributed by atoms with Crippen LogP contribution in [0.15, 0.2) is 55.0 Å². The molecule has 0 aliphatic carbocycles. The number of carbonyl (C=O) groups excluding carboxylic acids is 2. The number of amides is 1. The summed E-state index contributed by atoms with van der Waals surface area (Å²) in [6.07, 6.45) is 5.60. The molecule has 6 nitrogen and oxygen atoms in total. The summed E-state index contributed by atoms with van der Waals surface area (Å²) < 4.78 is 0. The van der Waals surface area contributed by atoms with Crippen LogP contribution >= 0.6 is 23.2 Å². The molecule has 0 bridgehead atoms. The molecule has 1 atom stereocenters. The van der Waals surface area contributed by atoms with Crippen molar-refractivity contribution in [2.24, 2.45) is 0 Å². The van der Waals surface area contributed by atoms with Crippen LogP contribution < -0.4 is 5.32 Å². The van der Waals surface area contributed by atoms with Gasteiger partial charge in [-0.15, -0.1) is 0 Å². The van der Waals surface area contributed by atoms with Gasteiger partial charge in [0.1, 0.15) is 11.3 Å². The lowest BCUT2D eigenvalue weighted by molar-refractivity contribution is -0.120. The highest BCUT2D eigenvalue weighted by Crippen LogP contribution is 2.23. The van der Waals surface area contributed by atoms with Crippen LogP contribution in [0.3, 0.4) is 0 Å². The number of nitrogens with one attached hydrogen (secondary N) is 3. The molecule has 4 rings (SSSR count). The van der Waals surface area contributed by atoms with Gasteiger partial charge in [-0.1, -0.05) is 29.3 Å². The lowest BCUT2D eigenvalue weighted by Gasteiger charge is -2.18. The molecule has 0 aliphatic rings. The fraction of sp³-hybridized carbons (Fsp3) is 0.174. The number of carbonyl (C=O) groups is 2. The Bertz CT molecular complexity index is 1260. The summed E-state index contributed by atoms with van der Waals surface area (Å²) in [5.74, 6) is -0.458. The highest BCUT2D eigenvalue weighted by atomic mass is 35.5. The Hall–Kier alpha value is -3.09. The molecule has 0 fully saturated rings. The summed E-state index contributed by atoms with van der Waals surface area (Å²) in [4.78, 5) is 36.3. The standard InChI is InChI=1S/C23H20Cl2N4O2/c1-13-4-6-26-21(13)23(31)29-19(10-14-2-3-17(24)18(25)9-14)20(30)11-15-8-16-5-7-27-22(16)28-12-15/h2-9,12,19,26H,10-11H2,1H3,(H,27,28)(H,29,31)/t19-/m0/s1. The van der Waals surface area contributed by atoms with Crippen molar-refractivity contribution in [3.05, 3.63) is 87.4 Å². The van der Waals surface area contributed by atoms with Gasteiger partial charge in [0.05, 0.1) is 16.1 Å². The van der Waals surface area contributed by atoms with Gasteiger partial charge in [0, 0.05) is 30.4 Å². The predicted molar refractivity (Wildman–Crippen MR) is 122 cm³/mol. The Morgan fingerprint density at radius 3 is 2.58 bits per heavy atom. The molecular weight excluding hydrogens is 435 g/mol. The van der Waals surface area contributed by atoms with Crippen molar-refractivity contribution in [3.8, 4) is 0 Å². The monoisotopic (exact) mass is 454 g/mol. The number of benzene rings is 1. The molecule has 3 aromatic heterocycles. The smallest absolute Gasteiger partial charge is 0.268 e. The Morgan fingerprint density at radius 1 is 1.03 bits per heavy atom. The number of pyridine rings is 1. The maximum absolute atomic E-state index is 13.2. The molecule has 1 amide bonds. The average molecular weight is 455 g/mol. The van der Waals surface area contributed by atoms with Gasteiger partial charge in [-0.2, -0.15) is 0 Å². The Labute approximate surface area is 189 Å². The number of Topliss-reactive ketones (excluding diaryl/α,β-unsaturated/α-hetero) is 1. The Kier molecular flexibility index (Phi) is 6.11. The lowest BCUT2D eigenvalue weighted by Crippen LogP contribution is -2.43. The highest BCUT2D eigenvalue weighted by molar-refractivity contribution is 6.42. The van der Waals surface area contributed by atoms with E-state index in [-0.39, 0.29) is 18.1 Å². The third-order valence-electron chi connectivity index (χ3n) is 5.14. The number of aromatic amines is 2.